The predicted octanol–water partition coefficient (Wildman–Crippen LogP) is 4.92. The molecule has 2 aromatic rings. The number of nitrogens with one attached hydrogen (secondary N) is 3. The predicted molar refractivity (Wildman–Crippen MR) is 204 cm³/mol. The Bertz CT molecular complexity index is 2120. The summed E-state index contributed by atoms with van der Waals surface area (Å²) in [5, 5.41) is 5.89. The molecule has 4 heterocycles. The lowest BCUT2D eigenvalue weighted by Crippen LogP contribution is -2.58. The Balaban J connectivity index is 1.25. The Kier molecular flexibility index (Phi) is 10.5. The molecule has 14 nitrogen and oxygen atoms in total. The van der Waals surface area contributed by atoms with E-state index in [1.54, 1.807) is 38.1 Å². The first-order chi connectivity index (χ1) is 26.8. The number of alkyl halides is 2. The van der Waals surface area contributed by atoms with Gasteiger partial charge in [0, 0.05) is 29.7 Å². The van der Waals surface area contributed by atoms with Crippen LogP contribution >= 0.6 is 0 Å². The first-order valence-electron chi connectivity index (χ1n) is 19.6. The third-order valence-electron chi connectivity index (χ3n) is 12.0. The highest BCUT2D eigenvalue weighted by molar-refractivity contribution is 7.91. The summed E-state index contributed by atoms with van der Waals surface area (Å²) in [6.07, 6.45) is 4.18. The van der Waals surface area contributed by atoms with Crippen LogP contribution in [-0.2, 0) is 29.1 Å². The first kappa shape index (κ1) is 40.6. The summed E-state index contributed by atoms with van der Waals surface area (Å²) in [6.45, 7) is 4.89. The van der Waals surface area contributed by atoms with Gasteiger partial charge in [-0.25, -0.2) is 27.0 Å². The molecule has 310 valence electrons. The second-order valence-electron chi connectivity index (χ2n) is 17.2. The Labute approximate surface area is 330 Å². The van der Waals surface area contributed by atoms with E-state index < -0.39 is 86.2 Å². The molecular formula is C40H51F2N5O9S. The van der Waals surface area contributed by atoms with Crippen LogP contribution in [-0.4, -0.2) is 96.0 Å². The van der Waals surface area contributed by atoms with Crippen LogP contribution in [0.4, 0.5) is 13.6 Å². The monoisotopic (exact) mass is 815 g/mol. The van der Waals surface area contributed by atoms with Crippen molar-refractivity contribution in [3.63, 3.8) is 0 Å². The van der Waals surface area contributed by atoms with Gasteiger partial charge in [0.2, 0.25) is 21.8 Å². The fraction of sp³-hybridized carbons (Fsp3) is 0.625. The smallest absolute Gasteiger partial charge is 0.407 e. The van der Waals surface area contributed by atoms with Crippen molar-refractivity contribution in [1.82, 2.24) is 25.2 Å². The third kappa shape index (κ3) is 8.00. The number of alkyl carbamates (subject to hydrolysis) is 1. The van der Waals surface area contributed by atoms with Crippen LogP contribution in [0, 0.1) is 12.8 Å². The number of amides is 4. The second kappa shape index (κ2) is 14.7. The number of aryl methyl sites for hydroxylation is 1. The molecule has 2 aliphatic carbocycles. The van der Waals surface area contributed by atoms with Gasteiger partial charge in [-0.3, -0.25) is 19.1 Å². The fourth-order valence-electron chi connectivity index (χ4n) is 8.26. The fourth-order valence-corrected chi connectivity index (χ4v) is 9.57. The molecule has 1 spiro atoms. The molecule has 3 aliphatic heterocycles. The van der Waals surface area contributed by atoms with Crippen LogP contribution in [0.3, 0.4) is 0 Å². The maximum atomic E-state index is 16.8. The van der Waals surface area contributed by atoms with Gasteiger partial charge in [-0.15, -0.1) is 0 Å². The highest BCUT2D eigenvalue weighted by Crippen LogP contribution is 2.52. The first-order valence-corrected chi connectivity index (χ1v) is 21.1. The van der Waals surface area contributed by atoms with E-state index in [0.29, 0.717) is 60.9 Å². The van der Waals surface area contributed by atoms with E-state index in [4.69, 9.17) is 14.2 Å². The van der Waals surface area contributed by atoms with E-state index in [1.165, 1.54) is 25.9 Å². The number of methoxy groups -OCH3 is 1. The van der Waals surface area contributed by atoms with Crippen LogP contribution in [0.2, 0.25) is 0 Å². The van der Waals surface area contributed by atoms with E-state index in [1.807, 2.05) is 6.08 Å². The van der Waals surface area contributed by atoms with Gasteiger partial charge in [0.25, 0.3) is 5.91 Å². The quantitative estimate of drug-likeness (QED) is 0.325. The van der Waals surface area contributed by atoms with Crippen molar-refractivity contribution in [3.8, 4) is 11.5 Å². The minimum absolute atomic E-state index is 0.123. The molecule has 17 heteroatoms. The van der Waals surface area contributed by atoms with Gasteiger partial charge < -0.3 is 29.7 Å². The summed E-state index contributed by atoms with van der Waals surface area (Å²) in [6, 6.07) is 2.59. The van der Waals surface area contributed by atoms with Crippen LogP contribution in [0.1, 0.15) is 102 Å². The molecule has 1 aromatic carbocycles. The summed E-state index contributed by atoms with van der Waals surface area (Å²) >= 11 is 0. The number of halogens is 2. The molecule has 7 rings (SSSR count). The normalized spacial score (nSPS) is 30.3. The topological polar surface area (TPSA) is 182 Å². The molecule has 1 saturated heterocycles. The van der Waals surface area contributed by atoms with E-state index in [2.05, 4.69) is 20.3 Å². The molecule has 0 unspecified atom stereocenters. The highest BCUT2D eigenvalue weighted by atomic mass is 32.2. The maximum absolute atomic E-state index is 16.8. The molecule has 0 radical (unpaired) electrons. The summed E-state index contributed by atoms with van der Waals surface area (Å²) in [5.74, 6) is -2.16. The SMILES string of the molecule is COc1ccc2nc(C)c3c(c2c1)[C@H](F)C[C@]1(C[C@H]2C(=O)N[C@]4(C(=O)NS(=O)(=O)C5(C)CC5)C[C@H]4/C=C\CCCCC[C@H](NC(=O)OCC(C)(C)F)C(=O)N2C1)O3. The van der Waals surface area contributed by atoms with E-state index in [0.717, 1.165) is 0 Å². The van der Waals surface area contributed by atoms with Gasteiger partial charge in [0.1, 0.15) is 53.2 Å². The van der Waals surface area contributed by atoms with E-state index in [9.17, 15) is 32.0 Å². The maximum Gasteiger partial charge on any atom is 0.407 e. The number of pyridine rings is 1. The van der Waals surface area contributed by atoms with Crippen molar-refractivity contribution in [2.75, 3.05) is 20.3 Å². The number of nitrogens with zero attached hydrogens (tertiary/aromatic N) is 2. The van der Waals surface area contributed by atoms with Crippen LogP contribution < -0.4 is 24.8 Å². The van der Waals surface area contributed by atoms with E-state index >= 15 is 4.39 Å². The third-order valence-corrected chi connectivity index (χ3v) is 14.1. The lowest BCUT2D eigenvalue weighted by molar-refractivity contribution is -0.141. The molecule has 1 aromatic heterocycles. The van der Waals surface area contributed by atoms with Gasteiger partial charge >= 0.3 is 6.09 Å². The van der Waals surface area contributed by atoms with Crippen LogP contribution in [0.25, 0.3) is 10.9 Å². The number of hydrogen-bond donors (Lipinski definition) is 3. The average molecular weight is 816 g/mol. The molecule has 5 aliphatic rings. The number of hydrogen-bond acceptors (Lipinski definition) is 10. The van der Waals surface area contributed by atoms with Crippen molar-refractivity contribution >= 4 is 44.7 Å². The number of fused-ring (bicyclic) bond motifs is 5. The van der Waals surface area contributed by atoms with Crippen molar-refractivity contribution in [2.45, 2.75) is 132 Å². The standard InChI is InChI=1S/C40H51F2N5O9S/c1-23-32-31(26-17-25(54-5)13-14-28(26)43-23)27(41)19-39(56-32)20-30-33(48)45-40(35(50)46-57(52,53)38(4)15-16-38)18-24(40)11-9-7-6-8-10-12-29(34(49)47(30)21-39)44-36(51)55-22-37(2,3)42/h9,11,13-14,17,24,27,29-30H,6-8,10,12,15-16,18-22H2,1-5H3,(H,44,51)(H,45,48)(H,46,50)/b11-9-/t24-,27-,29+,30+,39-,40-/m1/s1. The summed E-state index contributed by atoms with van der Waals surface area (Å²) in [7, 11) is -2.56. The molecule has 3 N–H and O–H groups in total. The Hall–Kier alpha value is -4.54. The zero-order valence-electron chi connectivity index (χ0n) is 32.9. The molecule has 3 fully saturated rings. The molecule has 0 bridgehead atoms. The van der Waals surface area contributed by atoms with Crippen molar-refractivity contribution < 1.29 is 50.6 Å². The van der Waals surface area contributed by atoms with Gasteiger partial charge in [-0.05, 0) is 84.4 Å². The molecule has 57 heavy (non-hydrogen) atoms. The molecule has 2 saturated carbocycles. The van der Waals surface area contributed by atoms with Gasteiger partial charge in [-0.1, -0.05) is 25.0 Å². The minimum atomic E-state index is -4.06. The number of allylic oxidation sites excluding steroid dienone is 1. The summed E-state index contributed by atoms with van der Waals surface area (Å²) < 4.78 is 75.7. The zero-order chi connectivity index (χ0) is 41.1. The van der Waals surface area contributed by atoms with Crippen molar-refractivity contribution in [3.05, 3.63) is 41.6 Å². The van der Waals surface area contributed by atoms with Gasteiger partial charge in [0.05, 0.1) is 29.6 Å². The number of rotatable bonds is 7. The lowest BCUT2D eigenvalue weighted by atomic mass is 9.86. The Morgan fingerprint density at radius 2 is 1.89 bits per heavy atom. The highest BCUT2D eigenvalue weighted by Gasteiger charge is 2.64. The Morgan fingerprint density at radius 1 is 1.14 bits per heavy atom. The lowest BCUT2D eigenvalue weighted by Gasteiger charge is -2.38. The van der Waals surface area contributed by atoms with Crippen molar-refractivity contribution in [1.29, 1.82) is 0 Å². The van der Waals surface area contributed by atoms with Crippen molar-refractivity contribution in [2.24, 2.45) is 5.92 Å². The minimum Gasteiger partial charge on any atom is -0.497 e. The number of benzene rings is 1. The number of ether oxygens (including phenoxy) is 3. The largest absolute Gasteiger partial charge is 0.497 e. The van der Waals surface area contributed by atoms with E-state index in [-0.39, 0.29) is 43.5 Å². The van der Waals surface area contributed by atoms with Gasteiger partial charge in [0.15, 0.2) is 0 Å². The Morgan fingerprint density at radius 3 is 2.60 bits per heavy atom. The molecular weight excluding hydrogens is 765 g/mol. The second-order valence-corrected chi connectivity index (χ2v) is 19.4. The zero-order valence-corrected chi connectivity index (χ0v) is 33.7. The van der Waals surface area contributed by atoms with Gasteiger partial charge in [-0.2, -0.15) is 0 Å². The number of carbonyl (C=O) groups is 4. The van der Waals surface area contributed by atoms with Crippen LogP contribution in [0.5, 0.6) is 11.5 Å². The summed E-state index contributed by atoms with van der Waals surface area (Å²) in [4.78, 5) is 62.1. The molecule has 6 atom stereocenters. The number of sulfonamides is 1. The van der Waals surface area contributed by atoms with Crippen LogP contribution in [0.15, 0.2) is 30.4 Å². The number of carbonyl (C=O) groups excluding carboxylic acids is 4. The average Bonchev–Trinajstić information content (AvgIpc) is 4.03. The number of aromatic nitrogens is 1. The molecule has 4 amide bonds. The summed E-state index contributed by atoms with van der Waals surface area (Å²) in [5.41, 5.74) is -3.70.